The van der Waals surface area contributed by atoms with Gasteiger partial charge in [0.2, 0.25) is 5.91 Å². The zero-order valence-electron chi connectivity index (χ0n) is 20.0. The number of nitrogens with one attached hydrogen (secondary N) is 1. The highest BCUT2D eigenvalue weighted by atomic mass is 32.2. The second kappa shape index (κ2) is 21.0. The maximum absolute atomic E-state index is 11.8. The maximum atomic E-state index is 11.8. The summed E-state index contributed by atoms with van der Waals surface area (Å²) < 4.78 is 0. The van der Waals surface area contributed by atoms with E-state index < -0.39 is 36.5 Å². The Bertz CT molecular complexity index is 573. The minimum Gasteiger partial charge on any atom is -0.481 e. The molecule has 192 valence electrons. The number of allylic oxidation sites excluding steroid dienone is 1. The lowest BCUT2D eigenvalue weighted by molar-refractivity contribution is -0.138. The minimum atomic E-state index is -1.15. The molecule has 9 heteroatoms. The van der Waals surface area contributed by atoms with Crippen molar-refractivity contribution in [3.05, 3.63) is 12.2 Å². The van der Waals surface area contributed by atoms with Gasteiger partial charge in [0.15, 0.2) is 0 Å². The Hall–Kier alpha value is -1.58. The molecule has 3 atom stereocenters. The first-order chi connectivity index (χ1) is 15.8. The van der Waals surface area contributed by atoms with Crippen molar-refractivity contribution in [2.75, 3.05) is 12.3 Å². The Balaban J connectivity index is 4.32. The van der Waals surface area contributed by atoms with E-state index in [1.54, 1.807) is 0 Å². The average Bonchev–Trinajstić information content (AvgIpc) is 2.78. The molecule has 8 nitrogen and oxygen atoms in total. The molecule has 6 N–H and O–H groups in total. The van der Waals surface area contributed by atoms with E-state index in [-0.39, 0.29) is 23.8 Å². The first kappa shape index (κ1) is 31.4. The summed E-state index contributed by atoms with van der Waals surface area (Å²) >= 11 is 1.27. The van der Waals surface area contributed by atoms with E-state index in [4.69, 9.17) is 15.9 Å². The first-order valence-corrected chi connectivity index (χ1v) is 13.3. The van der Waals surface area contributed by atoms with Crippen LogP contribution in [0.3, 0.4) is 0 Å². The summed E-state index contributed by atoms with van der Waals surface area (Å²) in [5.41, 5.74) is 5.82. The van der Waals surface area contributed by atoms with Crippen molar-refractivity contribution < 1.29 is 29.7 Å². The van der Waals surface area contributed by atoms with Crippen molar-refractivity contribution in [3.63, 3.8) is 0 Å². The summed E-state index contributed by atoms with van der Waals surface area (Å²) in [5, 5.41) is 29.8. The van der Waals surface area contributed by atoms with Gasteiger partial charge in [-0.3, -0.25) is 14.4 Å². The smallest absolute Gasteiger partial charge is 0.322 e. The molecule has 0 aliphatic heterocycles. The topological polar surface area (TPSA) is 150 Å². The number of nitrogens with two attached hydrogens (primary N) is 1. The molecule has 0 aliphatic rings. The molecule has 0 saturated carbocycles. The molecule has 33 heavy (non-hydrogen) atoms. The van der Waals surface area contributed by atoms with Crippen molar-refractivity contribution >= 4 is 29.6 Å². The van der Waals surface area contributed by atoms with E-state index in [0.717, 1.165) is 19.3 Å². The maximum Gasteiger partial charge on any atom is 0.322 e. The fourth-order valence-corrected chi connectivity index (χ4v) is 4.46. The number of amides is 1. The second-order valence-corrected chi connectivity index (χ2v) is 9.63. The number of aliphatic carboxylic acids is 2. The first-order valence-electron chi connectivity index (χ1n) is 12.2. The number of hydrogen-bond acceptors (Lipinski definition) is 6. The molecule has 0 aromatic carbocycles. The molecule has 0 spiro atoms. The molecule has 0 fully saturated rings. The van der Waals surface area contributed by atoms with Gasteiger partial charge in [0.25, 0.3) is 0 Å². The van der Waals surface area contributed by atoms with Gasteiger partial charge in [-0.15, -0.1) is 11.8 Å². The van der Waals surface area contributed by atoms with Gasteiger partial charge in [-0.1, -0.05) is 76.9 Å². The number of carboxylic acid groups (broad SMARTS) is 2. The number of aliphatic hydroxyl groups excluding tert-OH is 1. The van der Waals surface area contributed by atoms with Crippen LogP contribution in [0.2, 0.25) is 0 Å². The molecule has 0 rings (SSSR count). The van der Waals surface area contributed by atoms with E-state index in [0.29, 0.717) is 0 Å². The zero-order chi connectivity index (χ0) is 24.9. The predicted octanol–water partition coefficient (Wildman–Crippen LogP) is 3.71. The SMILES string of the molecule is CCCCCCCCCCCC/C=C\[C@@H](SCC(N)C(=O)NCC(=O)O)[C@@H](O)CCC(=O)O. The van der Waals surface area contributed by atoms with Gasteiger partial charge >= 0.3 is 11.9 Å². The summed E-state index contributed by atoms with van der Waals surface area (Å²) in [6, 6.07) is -0.918. The Morgan fingerprint density at radius 2 is 1.52 bits per heavy atom. The normalized spacial score (nSPS) is 14.2. The quantitative estimate of drug-likeness (QED) is 0.114. The van der Waals surface area contributed by atoms with E-state index in [1.165, 1.54) is 63.1 Å². The van der Waals surface area contributed by atoms with Crippen LogP contribution in [0.1, 0.15) is 90.4 Å². The molecule has 1 amide bonds. The van der Waals surface area contributed by atoms with Crippen LogP contribution in [0.5, 0.6) is 0 Å². The zero-order valence-corrected chi connectivity index (χ0v) is 20.9. The van der Waals surface area contributed by atoms with Crippen molar-refractivity contribution in [3.8, 4) is 0 Å². The number of hydrogen-bond donors (Lipinski definition) is 5. The van der Waals surface area contributed by atoms with Gasteiger partial charge in [0.05, 0.1) is 12.1 Å². The lowest BCUT2D eigenvalue weighted by atomic mass is 10.1. The van der Waals surface area contributed by atoms with Gasteiger partial charge in [0, 0.05) is 17.4 Å². The number of thioether (sulfide) groups is 1. The third-order valence-electron chi connectivity index (χ3n) is 5.30. The Morgan fingerprint density at radius 1 is 0.939 bits per heavy atom. The van der Waals surface area contributed by atoms with E-state index in [2.05, 4.69) is 12.2 Å². The van der Waals surface area contributed by atoms with Gasteiger partial charge in [-0.05, 0) is 19.3 Å². The number of carbonyl (C=O) groups excluding carboxylic acids is 1. The van der Waals surface area contributed by atoms with Gasteiger partial charge < -0.3 is 26.4 Å². The molecular weight excluding hydrogens is 444 g/mol. The molecule has 0 aromatic rings. The summed E-state index contributed by atoms with van der Waals surface area (Å²) in [4.78, 5) is 33.2. The highest BCUT2D eigenvalue weighted by Gasteiger charge is 2.21. The van der Waals surface area contributed by atoms with Crippen LogP contribution < -0.4 is 11.1 Å². The van der Waals surface area contributed by atoms with Crippen LogP contribution in [0.25, 0.3) is 0 Å². The second-order valence-electron chi connectivity index (χ2n) is 8.41. The Kier molecular flexibility index (Phi) is 20.0. The van der Waals surface area contributed by atoms with Crippen molar-refractivity contribution in [2.45, 2.75) is 108 Å². The summed E-state index contributed by atoms with van der Waals surface area (Å²) in [7, 11) is 0. The van der Waals surface area contributed by atoms with Crippen molar-refractivity contribution in [1.29, 1.82) is 0 Å². The minimum absolute atomic E-state index is 0.107. The monoisotopic (exact) mass is 488 g/mol. The fraction of sp³-hybridized carbons (Fsp3) is 0.792. The van der Waals surface area contributed by atoms with Crippen LogP contribution in [-0.2, 0) is 14.4 Å². The summed E-state index contributed by atoms with van der Waals surface area (Å²) in [6.07, 6.45) is 16.5. The van der Waals surface area contributed by atoms with Gasteiger partial charge in [-0.25, -0.2) is 0 Å². The third kappa shape index (κ3) is 19.6. The molecule has 0 aromatic heterocycles. The number of unbranched alkanes of at least 4 members (excludes halogenated alkanes) is 10. The lowest BCUT2D eigenvalue weighted by Gasteiger charge is -2.21. The van der Waals surface area contributed by atoms with Gasteiger partial charge in [0.1, 0.15) is 6.54 Å². The average molecular weight is 489 g/mol. The highest BCUT2D eigenvalue weighted by Crippen LogP contribution is 2.21. The Morgan fingerprint density at radius 3 is 2.06 bits per heavy atom. The molecule has 0 heterocycles. The molecule has 0 radical (unpaired) electrons. The van der Waals surface area contributed by atoms with Crippen LogP contribution >= 0.6 is 11.8 Å². The molecule has 0 aliphatic carbocycles. The molecule has 0 saturated heterocycles. The standard InChI is InChI=1S/C24H44N2O6S/c1-2-3-4-5-6-7-8-9-10-11-12-13-14-21(20(27)15-16-22(28)29)33-18-19(25)24(32)26-17-23(30)31/h13-14,19-21,27H,2-12,15-18,25H2,1H3,(H,26,32)(H,28,29)(H,30,31)/b14-13-/t19?,20-,21+/m0/s1. The number of carbonyl (C=O) groups is 3. The van der Waals surface area contributed by atoms with E-state index in [9.17, 15) is 19.5 Å². The lowest BCUT2D eigenvalue weighted by Crippen LogP contribution is -2.44. The molecular formula is C24H44N2O6S. The van der Waals surface area contributed by atoms with E-state index >= 15 is 0 Å². The van der Waals surface area contributed by atoms with E-state index in [1.807, 2.05) is 12.2 Å². The summed E-state index contributed by atoms with van der Waals surface area (Å²) in [6.45, 7) is 1.73. The third-order valence-corrected chi connectivity index (χ3v) is 6.71. The predicted molar refractivity (Wildman–Crippen MR) is 133 cm³/mol. The summed E-state index contributed by atoms with van der Waals surface area (Å²) in [5.74, 6) is -2.52. The van der Waals surface area contributed by atoms with Crippen LogP contribution in [0, 0.1) is 0 Å². The van der Waals surface area contributed by atoms with Gasteiger partial charge in [-0.2, -0.15) is 0 Å². The van der Waals surface area contributed by atoms with Crippen molar-refractivity contribution in [2.24, 2.45) is 5.73 Å². The van der Waals surface area contributed by atoms with Crippen LogP contribution in [0.4, 0.5) is 0 Å². The highest BCUT2D eigenvalue weighted by molar-refractivity contribution is 8.00. The largest absolute Gasteiger partial charge is 0.481 e. The Labute approximate surface area is 202 Å². The molecule has 0 bridgehead atoms. The van der Waals surface area contributed by atoms with Crippen LogP contribution in [-0.4, -0.2) is 62.9 Å². The molecule has 1 unspecified atom stereocenters. The fourth-order valence-electron chi connectivity index (χ4n) is 3.29. The van der Waals surface area contributed by atoms with Crippen LogP contribution in [0.15, 0.2) is 12.2 Å². The number of rotatable bonds is 22. The number of carboxylic acids is 2. The van der Waals surface area contributed by atoms with Crippen molar-refractivity contribution in [1.82, 2.24) is 5.32 Å². The number of aliphatic hydroxyl groups is 1.